The van der Waals surface area contributed by atoms with Gasteiger partial charge in [-0.1, -0.05) is 18.1 Å². The van der Waals surface area contributed by atoms with Gasteiger partial charge in [0.1, 0.15) is 5.69 Å². The van der Waals surface area contributed by atoms with Gasteiger partial charge in [-0.15, -0.1) is 0 Å². The molecule has 1 aliphatic carbocycles. The van der Waals surface area contributed by atoms with Gasteiger partial charge in [-0.25, -0.2) is 0 Å². The molecule has 2 bridgehead atoms. The van der Waals surface area contributed by atoms with Crippen LogP contribution in [0, 0.1) is 11.8 Å². The fourth-order valence-electron chi connectivity index (χ4n) is 6.34. The fraction of sp³-hybridized carbons (Fsp3) is 0.565. The molecule has 6 rings (SSSR count). The van der Waals surface area contributed by atoms with Crippen LogP contribution in [-0.2, 0) is 0 Å². The fourth-order valence-corrected chi connectivity index (χ4v) is 6.34. The van der Waals surface area contributed by atoms with E-state index < -0.39 is 0 Å². The number of H-pyrrole nitrogens is 1. The summed E-state index contributed by atoms with van der Waals surface area (Å²) in [5, 5.41) is 7.29. The van der Waals surface area contributed by atoms with Crippen molar-refractivity contribution in [3.05, 3.63) is 41.8 Å². The number of carbonyl (C=O) groups is 1. The molecule has 6 heteroatoms. The van der Waals surface area contributed by atoms with Crippen molar-refractivity contribution < 1.29 is 9.21 Å². The van der Waals surface area contributed by atoms with Crippen LogP contribution in [0.3, 0.4) is 0 Å². The lowest BCUT2D eigenvalue weighted by molar-refractivity contribution is 0.00131. The summed E-state index contributed by atoms with van der Waals surface area (Å²) < 4.78 is 5.44. The second-order valence-electron chi connectivity index (χ2n) is 9.15. The molecule has 2 aromatic heterocycles. The molecule has 5 heterocycles. The number of nitrogens with one attached hydrogen (secondary N) is 1. The van der Waals surface area contributed by atoms with Crippen molar-refractivity contribution in [1.29, 1.82) is 0 Å². The van der Waals surface area contributed by atoms with Crippen LogP contribution in [0.25, 0.3) is 11.5 Å². The van der Waals surface area contributed by atoms with Crippen LogP contribution < -0.4 is 0 Å². The van der Waals surface area contributed by atoms with E-state index in [1.54, 1.807) is 6.26 Å². The molecule has 6 nitrogen and oxygen atoms in total. The van der Waals surface area contributed by atoms with E-state index in [-0.39, 0.29) is 11.9 Å². The highest BCUT2D eigenvalue weighted by atomic mass is 16.3. The van der Waals surface area contributed by atoms with Crippen LogP contribution in [0.1, 0.15) is 49.0 Å². The number of furan rings is 1. The summed E-state index contributed by atoms with van der Waals surface area (Å²) in [5.74, 6) is 2.00. The van der Waals surface area contributed by atoms with Crippen LogP contribution >= 0.6 is 0 Å². The van der Waals surface area contributed by atoms with Crippen molar-refractivity contribution in [3.63, 3.8) is 0 Å². The standard InChI is InChI=1S/C23H28N4O2/c28-23(19-13-18(24-25-19)21-7-4-10-29-21)27-9-3-5-15-11-16-12-17(22(15)27)14-26-8-2-1-6-20(16)26/h4,7,10-11,13,16-17,20,22H,1-3,5-6,8-9,12,14H2,(H,24,25)/t16-,17+,20?,22?/m1/s1. The van der Waals surface area contributed by atoms with E-state index >= 15 is 0 Å². The molecule has 152 valence electrons. The first-order chi connectivity index (χ1) is 14.3. The summed E-state index contributed by atoms with van der Waals surface area (Å²) in [6.07, 6.45) is 11.7. The number of rotatable bonds is 2. The normalized spacial score (nSPS) is 31.7. The van der Waals surface area contributed by atoms with Crippen molar-refractivity contribution in [2.24, 2.45) is 11.8 Å². The lowest BCUT2D eigenvalue weighted by Gasteiger charge is -2.54. The average Bonchev–Trinajstić information content (AvgIpc) is 3.45. The summed E-state index contributed by atoms with van der Waals surface area (Å²) in [4.78, 5) is 18.3. The second-order valence-corrected chi connectivity index (χ2v) is 9.15. The van der Waals surface area contributed by atoms with Crippen molar-refractivity contribution >= 4 is 5.91 Å². The topological polar surface area (TPSA) is 65.4 Å². The number of piperidine rings is 3. The molecular weight excluding hydrogens is 364 g/mol. The molecule has 3 aliphatic heterocycles. The Kier molecular flexibility index (Phi) is 4.15. The highest BCUT2D eigenvalue weighted by Gasteiger charge is 2.47. The molecule has 4 aliphatic rings. The maximum Gasteiger partial charge on any atom is 0.274 e. The van der Waals surface area contributed by atoms with Crippen molar-refractivity contribution in [2.75, 3.05) is 19.6 Å². The van der Waals surface area contributed by atoms with Gasteiger partial charge in [-0.05, 0) is 62.6 Å². The van der Waals surface area contributed by atoms with E-state index in [0.717, 1.165) is 37.7 Å². The average molecular weight is 393 g/mol. The number of aromatic nitrogens is 2. The van der Waals surface area contributed by atoms with E-state index in [2.05, 4.69) is 26.1 Å². The number of nitrogens with zero attached hydrogens (tertiary/aromatic N) is 3. The number of hydrogen-bond donors (Lipinski definition) is 1. The van der Waals surface area contributed by atoms with E-state index in [0.29, 0.717) is 23.3 Å². The molecule has 4 atom stereocenters. The first-order valence-corrected chi connectivity index (χ1v) is 11.1. The molecule has 0 aromatic carbocycles. The van der Waals surface area contributed by atoms with Gasteiger partial charge in [0.15, 0.2) is 11.5 Å². The Balaban J connectivity index is 1.29. The third kappa shape index (κ3) is 2.88. The zero-order valence-corrected chi connectivity index (χ0v) is 16.7. The van der Waals surface area contributed by atoms with E-state index in [4.69, 9.17) is 4.42 Å². The molecule has 0 radical (unpaired) electrons. The molecule has 2 unspecified atom stereocenters. The summed E-state index contributed by atoms with van der Waals surface area (Å²) in [6.45, 7) is 3.20. The molecular formula is C23H28N4O2. The highest BCUT2D eigenvalue weighted by molar-refractivity contribution is 5.93. The smallest absolute Gasteiger partial charge is 0.274 e. The minimum Gasteiger partial charge on any atom is -0.463 e. The Morgan fingerprint density at radius 3 is 3.10 bits per heavy atom. The molecule has 0 spiro atoms. The number of aromatic amines is 1. The quantitative estimate of drug-likeness (QED) is 0.792. The zero-order chi connectivity index (χ0) is 19.4. The number of likely N-dealkylation sites (tertiary alicyclic amines) is 1. The number of carbonyl (C=O) groups excluding carboxylic acids is 1. The highest BCUT2D eigenvalue weighted by Crippen LogP contribution is 2.45. The largest absolute Gasteiger partial charge is 0.463 e. The molecule has 0 saturated carbocycles. The van der Waals surface area contributed by atoms with Crippen LogP contribution in [0.15, 0.2) is 40.5 Å². The molecule has 29 heavy (non-hydrogen) atoms. The Morgan fingerprint density at radius 2 is 2.21 bits per heavy atom. The van der Waals surface area contributed by atoms with Crippen molar-refractivity contribution in [2.45, 2.75) is 50.6 Å². The van der Waals surface area contributed by atoms with Crippen LogP contribution in [0.2, 0.25) is 0 Å². The Labute approximate surface area is 170 Å². The summed E-state index contributed by atoms with van der Waals surface area (Å²) in [6, 6.07) is 6.53. The van der Waals surface area contributed by atoms with Gasteiger partial charge in [0.05, 0.1) is 12.3 Å². The molecule has 3 saturated heterocycles. The SMILES string of the molecule is O=C(c1cc(-c2ccco2)[nH]n1)N1CCCC2=C[C@@H]3C[C@@H](CN4CCCCC34)C21. The van der Waals surface area contributed by atoms with Crippen molar-refractivity contribution in [1.82, 2.24) is 20.0 Å². The lowest BCUT2D eigenvalue weighted by Crippen LogP contribution is -2.60. The Hall–Kier alpha value is -2.34. The van der Waals surface area contributed by atoms with Crippen LogP contribution in [0.5, 0.6) is 0 Å². The second kappa shape index (κ2) is 6.87. The lowest BCUT2D eigenvalue weighted by atomic mass is 9.68. The number of fused-ring (bicyclic) bond motifs is 6. The summed E-state index contributed by atoms with van der Waals surface area (Å²) >= 11 is 0. The predicted octanol–water partition coefficient (Wildman–Crippen LogP) is 3.70. The first kappa shape index (κ1) is 17.5. The van der Waals surface area contributed by atoms with Gasteiger partial charge in [-0.3, -0.25) is 14.8 Å². The number of amides is 1. The minimum atomic E-state index is 0.0499. The molecule has 3 fully saturated rings. The van der Waals surface area contributed by atoms with Gasteiger partial charge in [0.25, 0.3) is 5.91 Å². The van der Waals surface area contributed by atoms with Gasteiger partial charge < -0.3 is 9.32 Å². The molecule has 1 N–H and O–H groups in total. The van der Waals surface area contributed by atoms with E-state index in [1.165, 1.54) is 37.8 Å². The zero-order valence-electron chi connectivity index (χ0n) is 16.7. The Morgan fingerprint density at radius 1 is 1.24 bits per heavy atom. The maximum atomic E-state index is 13.5. The monoisotopic (exact) mass is 392 g/mol. The molecule has 1 amide bonds. The Bertz CT molecular complexity index is 931. The third-order valence-electron chi connectivity index (χ3n) is 7.50. The maximum absolute atomic E-state index is 13.5. The summed E-state index contributed by atoms with van der Waals surface area (Å²) in [7, 11) is 0. The summed E-state index contributed by atoms with van der Waals surface area (Å²) in [5.41, 5.74) is 2.76. The van der Waals surface area contributed by atoms with Gasteiger partial charge in [-0.2, -0.15) is 5.10 Å². The third-order valence-corrected chi connectivity index (χ3v) is 7.50. The van der Waals surface area contributed by atoms with E-state index in [1.807, 2.05) is 18.2 Å². The van der Waals surface area contributed by atoms with E-state index in [9.17, 15) is 4.79 Å². The van der Waals surface area contributed by atoms with Gasteiger partial charge >= 0.3 is 0 Å². The van der Waals surface area contributed by atoms with Gasteiger partial charge in [0.2, 0.25) is 0 Å². The van der Waals surface area contributed by atoms with Gasteiger partial charge in [0, 0.05) is 25.2 Å². The number of hydrogen-bond acceptors (Lipinski definition) is 4. The van der Waals surface area contributed by atoms with Crippen LogP contribution in [-0.4, -0.2) is 57.6 Å². The first-order valence-electron chi connectivity index (χ1n) is 11.1. The van der Waals surface area contributed by atoms with Crippen molar-refractivity contribution in [3.8, 4) is 11.5 Å². The minimum absolute atomic E-state index is 0.0499. The van der Waals surface area contributed by atoms with Crippen LogP contribution in [0.4, 0.5) is 0 Å². The molecule has 2 aromatic rings. The predicted molar refractivity (Wildman–Crippen MR) is 109 cm³/mol.